The fourth-order valence-corrected chi connectivity index (χ4v) is 3.70. The Bertz CT molecular complexity index is 1230. The van der Waals surface area contributed by atoms with E-state index in [2.05, 4.69) is 9.88 Å². The van der Waals surface area contributed by atoms with Crippen LogP contribution in [0.2, 0.25) is 0 Å². The Kier molecular flexibility index (Phi) is 5.36. The second kappa shape index (κ2) is 8.11. The number of amides is 1. The first kappa shape index (κ1) is 19.8. The number of aromatic nitrogens is 1. The van der Waals surface area contributed by atoms with Crippen LogP contribution in [0, 0.1) is 25.5 Å². The molecule has 30 heavy (non-hydrogen) atoms. The van der Waals surface area contributed by atoms with Crippen LogP contribution in [0.3, 0.4) is 0 Å². The topological polar surface area (TPSA) is 34.0 Å². The second-order valence-corrected chi connectivity index (χ2v) is 7.47. The molecule has 3 aromatic carbocycles. The van der Waals surface area contributed by atoms with Crippen LogP contribution in [0.5, 0.6) is 0 Å². The lowest BCUT2D eigenvalue weighted by Crippen LogP contribution is -2.22. The Balaban J connectivity index is 1.58. The van der Waals surface area contributed by atoms with E-state index < -0.39 is 0 Å². The van der Waals surface area contributed by atoms with Crippen molar-refractivity contribution < 1.29 is 13.6 Å². The molecule has 152 valence electrons. The van der Waals surface area contributed by atoms with Crippen molar-refractivity contribution in [3.8, 4) is 0 Å². The van der Waals surface area contributed by atoms with Crippen LogP contribution in [-0.2, 0) is 13.1 Å². The third-order valence-electron chi connectivity index (χ3n) is 5.50. The summed E-state index contributed by atoms with van der Waals surface area (Å²) in [5, 5.41) is 3.85. The van der Waals surface area contributed by atoms with Gasteiger partial charge < -0.3 is 9.88 Å². The molecule has 5 heteroatoms. The minimum Gasteiger partial charge on any atom is -0.348 e. The highest BCUT2D eigenvalue weighted by molar-refractivity contribution is 5.99. The van der Waals surface area contributed by atoms with Gasteiger partial charge >= 0.3 is 0 Å². The third kappa shape index (κ3) is 3.96. The molecule has 0 aliphatic heterocycles. The van der Waals surface area contributed by atoms with Crippen LogP contribution in [0.15, 0.2) is 66.7 Å². The quantitative estimate of drug-likeness (QED) is 0.467. The van der Waals surface area contributed by atoms with E-state index in [1.807, 2.05) is 26.0 Å². The number of nitrogens with one attached hydrogen (secondary N) is 1. The minimum atomic E-state index is -0.322. The molecule has 0 bridgehead atoms. The number of nitrogens with zero attached hydrogens (tertiary/aromatic N) is 1. The van der Waals surface area contributed by atoms with E-state index in [1.165, 1.54) is 24.3 Å². The molecule has 0 unspecified atom stereocenters. The summed E-state index contributed by atoms with van der Waals surface area (Å²) in [6.45, 7) is 4.97. The van der Waals surface area contributed by atoms with Crippen LogP contribution in [0.4, 0.5) is 8.78 Å². The van der Waals surface area contributed by atoms with Gasteiger partial charge in [-0.2, -0.15) is 0 Å². The maximum absolute atomic E-state index is 13.3. The number of carbonyl (C=O) groups excluding carboxylic acids is 1. The van der Waals surface area contributed by atoms with Crippen molar-refractivity contribution in [2.24, 2.45) is 0 Å². The number of benzene rings is 3. The van der Waals surface area contributed by atoms with Crippen LogP contribution >= 0.6 is 0 Å². The zero-order chi connectivity index (χ0) is 21.3. The summed E-state index contributed by atoms with van der Waals surface area (Å²) in [6, 6.07) is 18.3. The standard InChI is InChI=1S/C25H22F2N2O/c1-16-17(2)29(15-18-6-9-21(26)10-7-18)24-11-8-20(13-23(16)24)25(30)28-14-19-4-3-5-22(27)12-19/h3-13H,14-15H2,1-2H3,(H,28,30). The van der Waals surface area contributed by atoms with Crippen molar-refractivity contribution in [1.29, 1.82) is 0 Å². The molecule has 0 atom stereocenters. The van der Waals surface area contributed by atoms with Crippen molar-refractivity contribution in [2.45, 2.75) is 26.9 Å². The van der Waals surface area contributed by atoms with Gasteiger partial charge in [-0.3, -0.25) is 4.79 Å². The van der Waals surface area contributed by atoms with E-state index in [9.17, 15) is 13.6 Å². The largest absolute Gasteiger partial charge is 0.348 e. The third-order valence-corrected chi connectivity index (χ3v) is 5.50. The van der Waals surface area contributed by atoms with Crippen molar-refractivity contribution in [2.75, 3.05) is 0 Å². The Morgan fingerprint density at radius 3 is 2.40 bits per heavy atom. The highest BCUT2D eigenvalue weighted by Gasteiger charge is 2.14. The average Bonchev–Trinajstić information content (AvgIpc) is 2.98. The summed E-state index contributed by atoms with van der Waals surface area (Å²) in [4.78, 5) is 12.6. The van der Waals surface area contributed by atoms with E-state index >= 15 is 0 Å². The molecular formula is C25H22F2N2O. The Morgan fingerprint density at radius 1 is 0.900 bits per heavy atom. The number of hydrogen-bond donors (Lipinski definition) is 1. The van der Waals surface area contributed by atoms with E-state index in [4.69, 9.17) is 0 Å². The zero-order valence-electron chi connectivity index (χ0n) is 16.9. The number of fused-ring (bicyclic) bond motifs is 1. The van der Waals surface area contributed by atoms with Crippen molar-refractivity contribution in [1.82, 2.24) is 9.88 Å². The lowest BCUT2D eigenvalue weighted by atomic mass is 10.1. The first-order chi connectivity index (χ1) is 14.4. The van der Waals surface area contributed by atoms with Gasteiger partial charge in [0, 0.05) is 35.2 Å². The number of rotatable bonds is 5. The predicted molar refractivity (Wildman–Crippen MR) is 114 cm³/mol. The molecule has 3 nitrogen and oxygen atoms in total. The molecule has 1 amide bonds. The van der Waals surface area contributed by atoms with Crippen LogP contribution in [0.25, 0.3) is 10.9 Å². The monoisotopic (exact) mass is 404 g/mol. The fraction of sp³-hybridized carbons (Fsp3) is 0.160. The molecule has 1 aromatic heterocycles. The molecule has 0 saturated heterocycles. The van der Waals surface area contributed by atoms with Gasteiger partial charge in [-0.05, 0) is 73.0 Å². The van der Waals surface area contributed by atoms with E-state index in [1.54, 1.807) is 30.3 Å². The maximum Gasteiger partial charge on any atom is 0.251 e. The fourth-order valence-electron chi connectivity index (χ4n) is 3.70. The second-order valence-electron chi connectivity index (χ2n) is 7.47. The Morgan fingerprint density at radius 2 is 1.67 bits per heavy atom. The summed E-state index contributed by atoms with van der Waals surface area (Å²) in [5.41, 5.74) is 5.51. The molecule has 4 rings (SSSR count). The van der Waals surface area contributed by atoms with Gasteiger partial charge in [0.2, 0.25) is 0 Å². The number of carbonyl (C=O) groups is 1. The first-order valence-corrected chi connectivity index (χ1v) is 9.79. The molecule has 1 N–H and O–H groups in total. The summed E-state index contributed by atoms with van der Waals surface area (Å²) < 4.78 is 28.7. The van der Waals surface area contributed by atoms with Crippen LogP contribution < -0.4 is 5.32 Å². The average molecular weight is 404 g/mol. The number of halogens is 2. The van der Waals surface area contributed by atoms with Gasteiger partial charge in [0.25, 0.3) is 5.91 Å². The number of aryl methyl sites for hydroxylation is 1. The normalized spacial score (nSPS) is 11.1. The number of hydrogen-bond acceptors (Lipinski definition) is 1. The van der Waals surface area contributed by atoms with Gasteiger partial charge in [0.1, 0.15) is 11.6 Å². The summed E-state index contributed by atoms with van der Waals surface area (Å²) in [6.07, 6.45) is 0. The van der Waals surface area contributed by atoms with Crippen molar-refractivity contribution in [3.63, 3.8) is 0 Å². The molecule has 1 heterocycles. The van der Waals surface area contributed by atoms with Crippen molar-refractivity contribution >= 4 is 16.8 Å². The van der Waals surface area contributed by atoms with Gasteiger partial charge in [0.05, 0.1) is 0 Å². The first-order valence-electron chi connectivity index (χ1n) is 9.79. The summed E-state index contributed by atoms with van der Waals surface area (Å²) >= 11 is 0. The predicted octanol–water partition coefficient (Wildman–Crippen LogP) is 5.51. The molecule has 0 spiro atoms. The van der Waals surface area contributed by atoms with Gasteiger partial charge in [-0.15, -0.1) is 0 Å². The molecular weight excluding hydrogens is 382 g/mol. The lowest BCUT2D eigenvalue weighted by Gasteiger charge is -2.09. The smallest absolute Gasteiger partial charge is 0.251 e. The molecule has 0 aliphatic rings. The molecule has 4 aromatic rings. The van der Waals surface area contributed by atoms with Gasteiger partial charge in [-0.25, -0.2) is 8.78 Å². The molecule has 0 saturated carbocycles. The highest BCUT2D eigenvalue weighted by atomic mass is 19.1. The SMILES string of the molecule is Cc1c(C)n(Cc2ccc(F)cc2)c2ccc(C(=O)NCc3cccc(F)c3)cc12. The maximum atomic E-state index is 13.3. The molecule has 0 aliphatic carbocycles. The van der Waals surface area contributed by atoms with Crippen molar-refractivity contribution in [3.05, 3.63) is 106 Å². The van der Waals surface area contributed by atoms with E-state index in [-0.39, 0.29) is 24.1 Å². The van der Waals surface area contributed by atoms with Gasteiger partial charge in [-0.1, -0.05) is 24.3 Å². The van der Waals surface area contributed by atoms with E-state index in [0.29, 0.717) is 17.7 Å². The lowest BCUT2D eigenvalue weighted by molar-refractivity contribution is 0.0951. The van der Waals surface area contributed by atoms with Gasteiger partial charge in [0.15, 0.2) is 0 Å². The summed E-state index contributed by atoms with van der Waals surface area (Å²) in [7, 11) is 0. The van der Waals surface area contributed by atoms with Crippen LogP contribution in [-0.4, -0.2) is 10.5 Å². The Hall–Kier alpha value is -3.47. The minimum absolute atomic E-state index is 0.204. The highest BCUT2D eigenvalue weighted by Crippen LogP contribution is 2.27. The molecule has 0 radical (unpaired) electrons. The summed E-state index contributed by atoms with van der Waals surface area (Å²) in [5.74, 6) is -0.779. The zero-order valence-corrected chi connectivity index (χ0v) is 16.9. The molecule has 0 fully saturated rings. The van der Waals surface area contributed by atoms with Crippen LogP contribution in [0.1, 0.15) is 32.7 Å². The Labute approximate surface area is 174 Å². The van der Waals surface area contributed by atoms with E-state index in [0.717, 1.165) is 27.7 Å².